The van der Waals surface area contributed by atoms with Gasteiger partial charge in [-0.2, -0.15) is 0 Å². The average Bonchev–Trinajstić information content (AvgIpc) is 2.89. The van der Waals surface area contributed by atoms with Gasteiger partial charge in [0, 0.05) is 6.54 Å². The minimum Gasteiger partial charge on any atom is -0.464 e. The summed E-state index contributed by atoms with van der Waals surface area (Å²) in [5.41, 5.74) is 0. The summed E-state index contributed by atoms with van der Waals surface area (Å²) < 4.78 is 10.2. The molecule has 0 spiro atoms. The van der Waals surface area contributed by atoms with Crippen molar-refractivity contribution in [3.05, 3.63) is 12.7 Å². The van der Waals surface area contributed by atoms with Crippen LogP contribution >= 0.6 is 0 Å². The molecule has 0 aliphatic carbocycles. The molecule has 1 atom stereocenters. The molecule has 0 aromatic heterocycles. The molecule has 5 heteroatoms. The van der Waals surface area contributed by atoms with Crippen LogP contribution in [-0.2, 0) is 14.3 Å². The normalized spacial score (nSPS) is 18.1. The number of rotatable bonds is 7. The van der Waals surface area contributed by atoms with Gasteiger partial charge in [-0.3, -0.25) is 4.90 Å². The molecule has 0 bridgehead atoms. The Balaban J connectivity index is 2.37. The second-order valence-corrected chi connectivity index (χ2v) is 5.42. The molecule has 1 heterocycles. The van der Waals surface area contributed by atoms with E-state index in [1.54, 1.807) is 0 Å². The van der Waals surface area contributed by atoms with Crippen LogP contribution in [0, 0.1) is 5.92 Å². The van der Waals surface area contributed by atoms with Gasteiger partial charge in [0.1, 0.15) is 12.6 Å². The first-order valence-corrected chi connectivity index (χ1v) is 7.27. The van der Waals surface area contributed by atoms with E-state index in [9.17, 15) is 9.59 Å². The van der Waals surface area contributed by atoms with Crippen molar-refractivity contribution >= 4 is 12.1 Å². The fraction of sp³-hybridized carbons (Fsp3) is 0.733. The molecule has 1 saturated heterocycles. The Labute approximate surface area is 120 Å². The van der Waals surface area contributed by atoms with Crippen molar-refractivity contribution < 1.29 is 19.1 Å². The largest absolute Gasteiger partial charge is 0.464 e. The summed E-state index contributed by atoms with van der Waals surface area (Å²) in [6, 6.07) is -0.494. The van der Waals surface area contributed by atoms with Crippen molar-refractivity contribution in [3.63, 3.8) is 0 Å². The monoisotopic (exact) mass is 283 g/mol. The molecule has 0 saturated carbocycles. The van der Waals surface area contributed by atoms with Crippen LogP contribution in [0.25, 0.3) is 0 Å². The van der Waals surface area contributed by atoms with Gasteiger partial charge in [-0.15, -0.1) is 0 Å². The van der Waals surface area contributed by atoms with Crippen molar-refractivity contribution in [1.29, 1.82) is 0 Å². The number of carbonyl (C=O) groups excluding carboxylic acids is 2. The fourth-order valence-electron chi connectivity index (χ4n) is 2.20. The number of ether oxygens (including phenoxy) is 2. The van der Waals surface area contributed by atoms with Crippen LogP contribution in [0.4, 0.5) is 4.79 Å². The van der Waals surface area contributed by atoms with Gasteiger partial charge in [0.15, 0.2) is 0 Å². The Morgan fingerprint density at radius 2 is 2.15 bits per heavy atom. The zero-order valence-electron chi connectivity index (χ0n) is 12.5. The first-order chi connectivity index (χ1) is 9.56. The van der Waals surface area contributed by atoms with Crippen LogP contribution < -0.4 is 0 Å². The van der Waals surface area contributed by atoms with E-state index in [0.29, 0.717) is 25.5 Å². The third-order valence-corrected chi connectivity index (χ3v) is 3.25. The molecule has 0 N–H and O–H groups in total. The van der Waals surface area contributed by atoms with E-state index in [4.69, 9.17) is 9.47 Å². The third-order valence-electron chi connectivity index (χ3n) is 3.25. The molecular weight excluding hydrogens is 258 g/mol. The maximum atomic E-state index is 12.0. The van der Waals surface area contributed by atoms with Gasteiger partial charge < -0.3 is 9.47 Å². The number of hydrogen-bond acceptors (Lipinski definition) is 4. The Morgan fingerprint density at radius 1 is 1.40 bits per heavy atom. The lowest BCUT2D eigenvalue weighted by Crippen LogP contribution is -2.41. The first-order valence-electron chi connectivity index (χ1n) is 7.27. The quantitative estimate of drug-likeness (QED) is 0.409. The number of carbonyl (C=O) groups is 2. The molecule has 1 aliphatic heterocycles. The fourth-order valence-corrected chi connectivity index (χ4v) is 2.20. The summed E-state index contributed by atoms with van der Waals surface area (Å²) in [5, 5.41) is 0. The maximum absolute atomic E-state index is 12.0. The van der Waals surface area contributed by atoms with Crippen LogP contribution in [-0.4, -0.2) is 42.8 Å². The highest BCUT2D eigenvalue weighted by Crippen LogP contribution is 2.19. The second kappa shape index (κ2) is 8.61. The zero-order valence-corrected chi connectivity index (χ0v) is 12.5. The van der Waals surface area contributed by atoms with Crippen molar-refractivity contribution in [1.82, 2.24) is 4.90 Å². The summed E-state index contributed by atoms with van der Waals surface area (Å²) in [6.07, 6.45) is 4.38. The van der Waals surface area contributed by atoms with Gasteiger partial charge in [0.05, 0.1) is 6.61 Å². The number of likely N-dealkylation sites (tertiary alicyclic amines) is 1. The van der Waals surface area contributed by atoms with E-state index >= 15 is 0 Å². The molecule has 1 fully saturated rings. The van der Waals surface area contributed by atoms with Gasteiger partial charge in [-0.1, -0.05) is 26.5 Å². The second-order valence-electron chi connectivity index (χ2n) is 5.42. The van der Waals surface area contributed by atoms with Gasteiger partial charge >= 0.3 is 12.1 Å². The molecule has 0 aromatic rings. The minimum absolute atomic E-state index is 0.158. The molecule has 0 aromatic carbocycles. The predicted octanol–water partition coefficient (Wildman–Crippen LogP) is 2.75. The maximum Gasteiger partial charge on any atom is 0.410 e. The van der Waals surface area contributed by atoms with Crippen LogP contribution in [0.3, 0.4) is 0 Å². The van der Waals surface area contributed by atoms with Gasteiger partial charge in [0.2, 0.25) is 0 Å². The summed E-state index contributed by atoms with van der Waals surface area (Å²) in [6.45, 7) is 8.88. The third kappa shape index (κ3) is 5.23. The van der Waals surface area contributed by atoms with E-state index in [-0.39, 0.29) is 12.6 Å². The molecule has 114 valence electrons. The predicted molar refractivity (Wildman–Crippen MR) is 76.3 cm³/mol. The lowest BCUT2D eigenvalue weighted by atomic mass is 10.1. The van der Waals surface area contributed by atoms with Crippen molar-refractivity contribution in [2.24, 2.45) is 5.92 Å². The summed E-state index contributed by atoms with van der Waals surface area (Å²) in [4.78, 5) is 25.2. The SMILES string of the molecule is C=CCOC(=O)N1CCCC1C(=O)OCCCC(C)C. The average molecular weight is 283 g/mol. The highest BCUT2D eigenvalue weighted by atomic mass is 16.6. The zero-order chi connectivity index (χ0) is 15.0. The molecule has 0 radical (unpaired) electrons. The summed E-state index contributed by atoms with van der Waals surface area (Å²) in [5.74, 6) is 0.285. The molecule has 1 aliphatic rings. The van der Waals surface area contributed by atoms with Crippen LogP contribution in [0.1, 0.15) is 39.5 Å². The van der Waals surface area contributed by atoms with Crippen molar-refractivity contribution in [3.8, 4) is 0 Å². The van der Waals surface area contributed by atoms with E-state index < -0.39 is 12.1 Å². The topological polar surface area (TPSA) is 55.8 Å². The number of esters is 1. The molecule has 1 amide bonds. The van der Waals surface area contributed by atoms with E-state index in [0.717, 1.165) is 19.3 Å². The van der Waals surface area contributed by atoms with E-state index in [2.05, 4.69) is 20.4 Å². The molecule has 1 rings (SSSR count). The van der Waals surface area contributed by atoms with Gasteiger partial charge in [-0.25, -0.2) is 9.59 Å². The Kier molecular flexibility index (Phi) is 7.12. The Bertz CT molecular complexity index is 341. The Morgan fingerprint density at radius 3 is 2.80 bits per heavy atom. The number of nitrogens with zero attached hydrogens (tertiary/aromatic N) is 1. The standard InChI is InChI=1S/C15H25NO4/c1-4-10-20-15(18)16-9-5-8-13(16)14(17)19-11-6-7-12(2)3/h4,12-13H,1,5-11H2,2-3H3. The van der Waals surface area contributed by atoms with Crippen molar-refractivity contribution in [2.45, 2.75) is 45.6 Å². The van der Waals surface area contributed by atoms with Crippen LogP contribution in [0.15, 0.2) is 12.7 Å². The van der Waals surface area contributed by atoms with E-state index in [1.807, 2.05) is 0 Å². The highest BCUT2D eigenvalue weighted by molar-refractivity contribution is 5.82. The highest BCUT2D eigenvalue weighted by Gasteiger charge is 2.36. The van der Waals surface area contributed by atoms with E-state index in [1.165, 1.54) is 11.0 Å². The summed E-state index contributed by atoms with van der Waals surface area (Å²) >= 11 is 0. The number of amides is 1. The molecule has 20 heavy (non-hydrogen) atoms. The smallest absolute Gasteiger partial charge is 0.410 e. The Hall–Kier alpha value is -1.52. The molecule has 5 nitrogen and oxygen atoms in total. The minimum atomic E-state index is -0.494. The molecular formula is C15H25NO4. The lowest BCUT2D eigenvalue weighted by molar-refractivity contribution is -0.148. The summed E-state index contributed by atoms with van der Waals surface area (Å²) in [7, 11) is 0. The van der Waals surface area contributed by atoms with Crippen molar-refractivity contribution in [2.75, 3.05) is 19.8 Å². The number of hydrogen-bond donors (Lipinski definition) is 0. The van der Waals surface area contributed by atoms with Gasteiger partial charge in [-0.05, 0) is 31.6 Å². The van der Waals surface area contributed by atoms with Gasteiger partial charge in [0.25, 0.3) is 0 Å². The first kappa shape index (κ1) is 16.5. The van der Waals surface area contributed by atoms with Crippen LogP contribution in [0.2, 0.25) is 0 Å². The lowest BCUT2D eigenvalue weighted by Gasteiger charge is -2.22. The molecule has 1 unspecified atom stereocenters. The van der Waals surface area contributed by atoms with Crippen LogP contribution in [0.5, 0.6) is 0 Å².